The zero-order valence-corrected chi connectivity index (χ0v) is 19.0. The number of methoxy groups -OCH3 is 3. The highest BCUT2D eigenvalue weighted by molar-refractivity contribution is 6.23. The average molecular weight is 420 g/mol. The Morgan fingerprint density at radius 1 is 1.20 bits per heavy atom. The van der Waals surface area contributed by atoms with E-state index in [1.54, 1.807) is 12.0 Å². The van der Waals surface area contributed by atoms with Gasteiger partial charge in [-0.1, -0.05) is 32.3 Å². The van der Waals surface area contributed by atoms with Gasteiger partial charge in [0, 0.05) is 12.5 Å². The summed E-state index contributed by atoms with van der Waals surface area (Å²) < 4.78 is 15.3. The van der Waals surface area contributed by atoms with Crippen LogP contribution in [0.1, 0.15) is 33.6 Å². The lowest BCUT2D eigenvalue weighted by molar-refractivity contribution is -0.152. The fourth-order valence-electron chi connectivity index (χ4n) is 4.21. The van der Waals surface area contributed by atoms with Crippen molar-refractivity contribution in [1.29, 1.82) is 0 Å². The van der Waals surface area contributed by atoms with Gasteiger partial charge in [0.15, 0.2) is 0 Å². The van der Waals surface area contributed by atoms with E-state index < -0.39 is 29.6 Å². The molecule has 0 aromatic carbocycles. The van der Waals surface area contributed by atoms with E-state index in [9.17, 15) is 14.4 Å². The standard InChI is InChI=1S/C21H33BN2O6/c1-21(2,3)17(23-20(27)30-6)18(25)24-11-12(9-15(24)19(26)29-5)14-8-7-13(22)10-16(14)28-4/h7,10,12,14-15,17H,8-9,11,22H2,1-6H3,(H,23,27)/t12-,14?,15+,17-/m1/s1. The van der Waals surface area contributed by atoms with Gasteiger partial charge in [-0.05, 0) is 30.3 Å². The van der Waals surface area contributed by atoms with Crippen LogP contribution in [0.3, 0.4) is 0 Å². The van der Waals surface area contributed by atoms with Crippen LogP contribution in [0.2, 0.25) is 0 Å². The highest BCUT2D eigenvalue weighted by Gasteiger charge is 2.47. The van der Waals surface area contributed by atoms with Crippen LogP contribution >= 0.6 is 0 Å². The molecule has 8 nitrogen and oxygen atoms in total. The highest BCUT2D eigenvalue weighted by Crippen LogP contribution is 2.39. The van der Waals surface area contributed by atoms with Gasteiger partial charge in [0.25, 0.3) is 0 Å². The molecule has 1 aliphatic heterocycles. The van der Waals surface area contributed by atoms with E-state index in [1.807, 2.05) is 34.7 Å². The molecule has 0 saturated carbocycles. The summed E-state index contributed by atoms with van der Waals surface area (Å²) in [6.07, 6.45) is 4.72. The first kappa shape index (κ1) is 23.8. The molecule has 2 aliphatic rings. The third-order valence-electron chi connectivity index (χ3n) is 5.88. The van der Waals surface area contributed by atoms with E-state index in [-0.39, 0.29) is 17.7 Å². The summed E-state index contributed by atoms with van der Waals surface area (Å²) in [7, 11) is 6.23. The second kappa shape index (κ2) is 9.58. The second-order valence-electron chi connectivity index (χ2n) is 9.00. The second-order valence-corrected chi connectivity index (χ2v) is 9.00. The van der Waals surface area contributed by atoms with Gasteiger partial charge in [-0.15, -0.1) is 0 Å². The number of nitrogens with zero attached hydrogens (tertiary/aromatic N) is 1. The Hall–Kier alpha value is -2.45. The minimum atomic E-state index is -0.846. The molecule has 1 N–H and O–H groups in total. The molecule has 0 radical (unpaired) electrons. The quantitative estimate of drug-likeness (QED) is 0.531. The van der Waals surface area contributed by atoms with Crippen molar-refractivity contribution in [3.05, 3.63) is 23.4 Å². The number of nitrogens with one attached hydrogen (secondary N) is 1. The number of likely N-dealkylation sites (tertiary alicyclic amines) is 1. The number of allylic oxidation sites excluding steroid dienone is 4. The molecule has 1 aliphatic carbocycles. The van der Waals surface area contributed by atoms with Crippen molar-refractivity contribution in [2.45, 2.75) is 45.7 Å². The molecule has 0 bridgehead atoms. The van der Waals surface area contributed by atoms with Crippen LogP contribution in [-0.2, 0) is 23.8 Å². The molecule has 0 spiro atoms. The van der Waals surface area contributed by atoms with Crippen molar-refractivity contribution in [2.75, 3.05) is 27.9 Å². The van der Waals surface area contributed by atoms with Gasteiger partial charge in [-0.25, -0.2) is 9.59 Å². The highest BCUT2D eigenvalue weighted by atomic mass is 16.5. The maximum absolute atomic E-state index is 13.5. The van der Waals surface area contributed by atoms with Crippen molar-refractivity contribution in [1.82, 2.24) is 10.2 Å². The summed E-state index contributed by atoms with van der Waals surface area (Å²) in [5.41, 5.74) is 0.556. The predicted octanol–water partition coefficient (Wildman–Crippen LogP) is 1.21. The third kappa shape index (κ3) is 5.18. The Labute approximate surface area is 179 Å². The number of rotatable bonds is 5. The average Bonchev–Trinajstić information content (AvgIpc) is 3.14. The Balaban J connectivity index is 2.32. The maximum atomic E-state index is 13.5. The van der Waals surface area contributed by atoms with Crippen LogP contribution in [0.15, 0.2) is 23.4 Å². The lowest BCUT2D eigenvalue weighted by Gasteiger charge is -2.35. The number of carbonyl (C=O) groups excluding carboxylic acids is 3. The van der Waals surface area contributed by atoms with Gasteiger partial charge in [-0.3, -0.25) is 4.79 Å². The number of alkyl carbamates (subject to hydrolysis) is 1. The van der Waals surface area contributed by atoms with E-state index in [0.717, 1.165) is 17.7 Å². The molecule has 30 heavy (non-hydrogen) atoms. The van der Waals surface area contributed by atoms with Crippen molar-refractivity contribution < 1.29 is 28.6 Å². The van der Waals surface area contributed by atoms with Gasteiger partial charge in [-0.2, -0.15) is 0 Å². The maximum Gasteiger partial charge on any atom is 0.407 e. The van der Waals surface area contributed by atoms with E-state index in [2.05, 4.69) is 11.4 Å². The number of hydrogen-bond acceptors (Lipinski definition) is 6. The summed E-state index contributed by atoms with van der Waals surface area (Å²) >= 11 is 0. The monoisotopic (exact) mass is 420 g/mol. The number of amides is 2. The van der Waals surface area contributed by atoms with E-state index in [4.69, 9.17) is 14.2 Å². The van der Waals surface area contributed by atoms with E-state index >= 15 is 0 Å². The zero-order chi connectivity index (χ0) is 22.6. The fourth-order valence-corrected chi connectivity index (χ4v) is 4.21. The summed E-state index contributed by atoms with van der Waals surface area (Å²) in [4.78, 5) is 39.4. The minimum Gasteiger partial charge on any atom is -0.501 e. The van der Waals surface area contributed by atoms with Crippen LogP contribution in [0.5, 0.6) is 0 Å². The summed E-state index contributed by atoms with van der Waals surface area (Å²) in [5.74, 6) is 0.189. The van der Waals surface area contributed by atoms with Crippen molar-refractivity contribution in [3.63, 3.8) is 0 Å². The van der Waals surface area contributed by atoms with Crippen LogP contribution in [0.25, 0.3) is 0 Å². The molecular weight excluding hydrogens is 387 g/mol. The van der Waals surface area contributed by atoms with Crippen LogP contribution in [-0.4, -0.2) is 70.7 Å². The predicted molar refractivity (Wildman–Crippen MR) is 114 cm³/mol. The van der Waals surface area contributed by atoms with Crippen molar-refractivity contribution >= 4 is 25.8 Å². The molecule has 0 aromatic rings. The third-order valence-corrected chi connectivity index (χ3v) is 5.88. The molecule has 166 valence electrons. The minimum absolute atomic E-state index is 0.0346. The number of ether oxygens (including phenoxy) is 3. The fraction of sp³-hybridized carbons (Fsp3) is 0.667. The first-order chi connectivity index (χ1) is 14.0. The first-order valence-electron chi connectivity index (χ1n) is 10.2. The zero-order valence-electron chi connectivity index (χ0n) is 19.0. The van der Waals surface area contributed by atoms with E-state index in [1.165, 1.54) is 14.2 Å². The smallest absolute Gasteiger partial charge is 0.407 e. The molecule has 4 atom stereocenters. The van der Waals surface area contributed by atoms with Gasteiger partial charge in [0.2, 0.25) is 5.91 Å². The number of carbonyl (C=O) groups is 3. The van der Waals surface area contributed by atoms with Gasteiger partial charge in [0.1, 0.15) is 19.9 Å². The van der Waals surface area contributed by atoms with Crippen molar-refractivity contribution in [3.8, 4) is 0 Å². The van der Waals surface area contributed by atoms with Gasteiger partial charge < -0.3 is 24.4 Å². The topological polar surface area (TPSA) is 94.2 Å². The normalized spacial score (nSPS) is 25.0. The van der Waals surface area contributed by atoms with Crippen LogP contribution in [0.4, 0.5) is 4.79 Å². The molecule has 9 heteroatoms. The summed E-state index contributed by atoms with van der Waals surface area (Å²) in [6.45, 7) is 5.94. The Morgan fingerprint density at radius 3 is 2.40 bits per heavy atom. The van der Waals surface area contributed by atoms with Crippen LogP contribution in [0, 0.1) is 17.3 Å². The summed E-state index contributed by atoms with van der Waals surface area (Å²) in [5, 5.41) is 2.63. The molecule has 1 saturated heterocycles. The van der Waals surface area contributed by atoms with Crippen LogP contribution < -0.4 is 5.32 Å². The number of esters is 1. The molecule has 2 rings (SSSR count). The molecule has 2 amide bonds. The van der Waals surface area contributed by atoms with E-state index in [0.29, 0.717) is 13.0 Å². The summed E-state index contributed by atoms with van der Waals surface area (Å²) in [6, 6.07) is -1.55. The Kier molecular flexibility index (Phi) is 7.61. The molecule has 1 heterocycles. The lowest BCUT2D eigenvalue weighted by Crippen LogP contribution is -2.56. The lowest BCUT2D eigenvalue weighted by atomic mass is 9.78. The molecule has 1 fully saturated rings. The first-order valence-corrected chi connectivity index (χ1v) is 10.2. The molecule has 1 unspecified atom stereocenters. The Bertz CT molecular complexity index is 742. The Morgan fingerprint density at radius 2 is 1.87 bits per heavy atom. The molecule has 0 aromatic heterocycles. The van der Waals surface area contributed by atoms with Crippen molar-refractivity contribution in [2.24, 2.45) is 17.3 Å². The van der Waals surface area contributed by atoms with Gasteiger partial charge in [0.05, 0.1) is 27.1 Å². The largest absolute Gasteiger partial charge is 0.501 e. The number of hydrogen-bond donors (Lipinski definition) is 1. The van der Waals surface area contributed by atoms with Gasteiger partial charge >= 0.3 is 12.1 Å². The molecular formula is C21H33BN2O6. The SMILES string of the molecule is BC1=CCC([C@@H]2C[C@@H](C(=O)OC)N(C(=O)[C@@H](NC(=O)OC)C(C)(C)C)C2)C(OC)=C1.